The number of carbonyl (C=O) groups excluding carboxylic acids is 1. The molecule has 0 unspecified atom stereocenters. The van der Waals surface area contributed by atoms with Crippen molar-refractivity contribution in [3.05, 3.63) is 46.5 Å². The van der Waals surface area contributed by atoms with E-state index in [-0.39, 0.29) is 5.78 Å². The number of hydrogen-bond donors (Lipinski definition) is 0. The van der Waals surface area contributed by atoms with E-state index in [1.165, 1.54) is 0 Å². The SMILES string of the molecule is C=C(CC)CC(=O)c1ccc(Cl)cc1C. The summed E-state index contributed by atoms with van der Waals surface area (Å²) in [6, 6.07) is 5.34. The summed E-state index contributed by atoms with van der Waals surface area (Å²) >= 11 is 5.83. The van der Waals surface area contributed by atoms with Gasteiger partial charge in [0.05, 0.1) is 0 Å². The number of carbonyl (C=O) groups is 1. The lowest BCUT2D eigenvalue weighted by Gasteiger charge is -2.06. The third-order valence-electron chi connectivity index (χ3n) is 2.40. The summed E-state index contributed by atoms with van der Waals surface area (Å²) in [5.41, 5.74) is 2.64. The maximum atomic E-state index is 11.8. The van der Waals surface area contributed by atoms with Crippen LogP contribution in [0.15, 0.2) is 30.4 Å². The number of Topliss-reactive ketones (excluding diaryl/α,β-unsaturated/α-hetero) is 1. The Morgan fingerprint density at radius 1 is 1.47 bits per heavy atom. The predicted octanol–water partition coefficient (Wildman–Crippen LogP) is 4.19. The molecule has 15 heavy (non-hydrogen) atoms. The van der Waals surface area contributed by atoms with Gasteiger partial charge in [-0.1, -0.05) is 30.7 Å². The van der Waals surface area contributed by atoms with E-state index in [2.05, 4.69) is 6.58 Å². The second kappa shape index (κ2) is 5.13. The summed E-state index contributed by atoms with van der Waals surface area (Å²) in [4.78, 5) is 11.8. The molecule has 0 saturated heterocycles. The highest BCUT2D eigenvalue weighted by Gasteiger charge is 2.09. The summed E-state index contributed by atoms with van der Waals surface area (Å²) in [5, 5.41) is 0.665. The van der Waals surface area contributed by atoms with E-state index >= 15 is 0 Å². The molecule has 0 spiro atoms. The van der Waals surface area contributed by atoms with Crippen LogP contribution in [0.4, 0.5) is 0 Å². The van der Waals surface area contributed by atoms with Gasteiger partial charge in [-0.2, -0.15) is 0 Å². The number of aryl methyl sites for hydroxylation is 1. The molecule has 2 heteroatoms. The van der Waals surface area contributed by atoms with Crippen molar-refractivity contribution in [3.8, 4) is 0 Å². The van der Waals surface area contributed by atoms with E-state index in [1.807, 2.05) is 19.9 Å². The van der Waals surface area contributed by atoms with Gasteiger partial charge in [-0.25, -0.2) is 0 Å². The van der Waals surface area contributed by atoms with Crippen molar-refractivity contribution in [2.45, 2.75) is 26.7 Å². The first kappa shape index (κ1) is 12.0. The highest BCUT2D eigenvalue weighted by molar-refractivity contribution is 6.30. The van der Waals surface area contributed by atoms with E-state index < -0.39 is 0 Å². The molecule has 1 rings (SSSR count). The van der Waals surface area contributed by atoms with Gasteiger partial charge in [0.2, 0.25) is 0 Å². The van der Waals surface area contributed by atoms with Crippen molar-refractivity contribution in [2.24, 2.45) is 0 Å². The summed E-state index contributed by atoms with van der Waals surface area (Å²) in [7, 11) is 0. The number of benzene rings is 1. The van der Waals surface area contributed by atoms with Crippen LogP contribution >= 0.6 is 11.6 Å². The van der Waals surface area contributed by atoms with Crippen LogP contribution in [0, 0.1) is 6.92 Å². The van der Waals surface area contributed by atoms with Crippen LogP contribution in [0.3, 0.4) is 0 Å². The Labute approximate surface area is 95.8 Å². The Hall–Kier alpha value is -1.08. The lowest BCUT2D eigenvalue weighted by atomic mass is 9.99. The molecular formula is C13H15ClO. The lowest BCUT2D eigenvalue weighted by Crippen LogP contribution is -2.02. The van der Waals surface area contributed by atoms with Crippen LogP contribution in [0.1, 0.15) is 35.7 Å². The second-order valence-electron chi connectivity index (χ2n) is 3.66. The number of ketones is 1. The third kappa shape index (κ3) is 3.21. The summed E-state index contributed by atoms with van der Waals surface area (Å²) in [6.07, 6.45) is 1.28. The molecule has 0 fully saturated rings. The Balaban J connectivity index is 2.87. The molecular weight excluding hydrogens is 208 g/mol. The van der Waals surface area contributed by atoms with Crippen LogP contribution in [-0.4, -0.2) is 5.78 Å². The number of hydrogen-bond acceptors (Lipinski definition) is 1. The molecule has 0 amide bonds. The zero-order valence-corrected chi connectivity index (χ0v) is 9.90. The van der Waals surface area contributed by atoms with Crippen LogP contribution in [0.2, 0.25) is 5.02 Å². The van der Waals surface area contributed by atoms with Crippen molar-refractivity contribution in [1.29, 1.82) is 0 Å². The fraction of sp³-hybridized carbons (Fsp3) is 0.308. The van der Waals surface area contributed by atoms with Crippen molar-refractivity contribution in [2.75, 3.05) is 0 Å². The molecule has 0 aliphatic carbocycles. The zero-order chi connectivity index (χ0) is 11.4. The minimum absolute atomic E-state index is 0.121. The van der Waals surface area contributed by atoms with Gasteiger partial charge in [0.25, 0.3) is 0 Å². The zero-order valence-electron chi connectivity index (χ0n) is 9.14. The van der Waals surface area contributed by atoms with Crippen molar-refractivity contribution < 1.29 is 4.79 Å². The van der Waals surface area contributed by atoms with Crippen molar-refractivity contribution in [1.82, 2.24) is 0 Å². The molecule has 0 aliphatic heterocycles. The van der Waals surface area contributed by atoms with Gasteiger partial charge in [0, 0.05) is 17.0 Å². The molecule has 1 nitrogen and oxygen atoms in total. The molecule has 0 aliphatic rings. The first-order valence-electron chi connectivity index (χ1n) is 5.00. The Morgan fingerprint density at radius 3 is 2.67 bits per heavy atom. The minimum Gasteiger partial charge on any atom is -0.294 e. The summed E-state index contributed by atoms with van der Waals surface area (Å²) in [6.45, 7) is 7.74. The topological polar surface area (TPSA) is 17.1 Å². The molecule has 0 aromatic heterocycles. The first-order chi connectivity index (χ1) is 7.04. The number of rotatable bonds is 4. The van der Waals surface area contributed by atoms with Crippen molar-refractivity contribution >= 4 is 17.4 Å². The van der Waals surface area contributed by atoms with Crippen LogP contribution < -0.4 is 0 Å². The predicted molar refractivity (Wildman–Crippen MR) is 64.6 cm³/mol. The van der Waals surface area contributed by atoms with E-state index in [0.29, 0.717) is 11.4 Å². The lowest BCUT2D eigenvalue weighted by molar-refractivity contribution is 0.0992. The smallest absolute Gasteiger partial charge is 0.167 e. The van der Waals surface area contributed by atoms with Gasteiger partial charge in [0.1, 0.15) is 0 Å². The standard InChI is InChI=1S/C13H15ClO/c1-4-9(2)7-13(15)12-6-5-11(14)8-10(12)3/h5-6,8H,2,4,7H2,1,3H3. The normalized spacial score (nSPS) is 10.1. The van der Waals surface area contributed by atoms with Gasteiger partial charge >= 0.3 is 0 Å². The first-order valence-corrected chi connectivity index (χ1v) is 5.38. The maximum absolute atomic E-state index is 11.8. The monoisotopic (exact) mass is 222 g/mol. The average molecular weight is 223 g/mol. The van der Waals surface area contributed by atoms with Gasteiger partial charge in [-0.05, 0) is 37.1 Å². The fourth-order valence-corrected chi connectivity index (χ4v) is 1.61. The molecule has 1 aromatic rings. The molecule has 0 bridgehead atoms. The minimum atomic E-state index is 0.121. The van der Waals surface area contributed by atoms with Gasteiger partial charge in [0.15, 0.2) is 5.78 Å². The average Bonchev–Trinajstić information content (AvgIpc) is 2.17. The highest BCUT2D eigenvalue weighted by atomic mass is 35.5. The van der Waals surface area contributed by atoms with Gasteiger partial charge in [-0.15, -0.1) is 0 Å². The second-order valence-corrected chi connectivity index (χ2v) is 4.10. The van der Waals surface area contributed by atoms with Crippen LogP contribution in [0.5, 0.6) is 0 Å². The quantitative estimate of drug-likeness (QED) is 0.552. The van der Waals surface area contributed by atoms with Gasteiger partial charge < -0.3 is 0 Å². The molecule has 80 valence electrons. The molecule has 0 radical (unpaired) electrons. The largest absolute Gasteiger partial charge is 0.294 e. The fourth-order valence-electron chi connectivity index (χ4n) is 1.39. The Morgan fingerprint density at radius 2 is 2.13 bits per heavy atom. The van der Waals surface area contributed by atoms with E-state index in [1.54, 1.807) is 12.1 Å². The van der Waals surface area contributed by atoms with Crippen molar-refractivity contribution in [3.63, 3.8) is 0 Å². The highest BCUT2D eigenvalue weighted by Crippen LogP contribution is 2.18. The summed E-state index contributed by atoms with van der Waals surface area (Å²) < 4.78 is 0. The Bertz CT molecular complexity index is 394. The van der Waals surface area contributed by atoms with Crippen LogP contribution in [0.25, 0.3) is 0 Å². The Kier molecular flexibility index (Phi) is 4.10. The summed E-state index contributed by atoms with van der Waals surface area (Å²) in [5.74, 6) is 0.121. The van der Waals surface area contributed by atoms with E-state index in [9.17, 15) is 4.79 Å². The van der Waals surface area contributed by atoms with E-state index in [0.717, 1.165) is 23.1 Å². The molecule has 0 atom stereocenters. The van der Waals surface area contributed by atoms with Gasteiger partial charge in [-0.3, -0.25) is 4.79 Å². The number of halogens is 1. The number of allylic oxidation sites excluding steroid dienone is 1. The molecule has 0 saturated carbocycles. The molecule has 1 aromatic carbocycles. The van der Waals surface area contributed by atoms with E-state index in [4.69, 9.17) is 11.6 Å². The molecule has 0 N–H and O–H groups in total. The van der Waals surface area contributed by atoms with Crippen LogP contribution in [-0.2, 0) is 0 Å². The maximum Gasteiger partial charge on any atom is 0.167 e. The third-order valence-corrected chi connectivity index (χ3v) is 2.63. The molecule has 0 heterocycles.